The molecule has 0 radical (unpaired) electrons. The summed E-state index contributed by atoms with van der Waals surface area (Å²) in [7, 11) is 1.24. The van der Waals surface area contributed by atoms with Gasteiger partial charge in [0.15, 0.2) is 6.10 Å². The summed E-state index contributed by atoms with van der Waals surface area (Å²) in [5, 5.41) is 9.24. The number of nitrogens with zero attached hydrogens (tertiary/aromatic N) is 1. The highest BCUT2D eigenvalue weighted by molar-refractivity contribution is 5.93. The lowest BCUT2D eigenvalue weighted by molar-refractivity contribution is -0.203. The van der Waals surface area contributed by atoms with Crippen molar-refractivity contribution in [1.82, 2.24) is 5.06 Å². The van der Waals surface area contributed by atoms with E-state index in [1.165, 1.54) is 14.0 Å². The van der Waals surface area contributed by atoms with Crippen molar-refractivity contribution in [2.45, 2.75) is 26.4 Å². The SMILES string of the molecule is CCOC(=O)CC(=O)N(C)OC(C)C(=O)O. The summed E-state index contributed by atoms with van der Waals surface area (Å²) in [6.07, 6.45) is -1.63. The van der Waals surface area contributed by atoms with Gasteiger partial charge in [0.1, 0.15) is 6.42 Å². The first-order valence-corrected chi connectivity index (χ1v) is 4.70. The van der Waals surface area contributed by atoms with Gasteiger partial charge in [-0.3, -0.25) is 14.4 Å². The minimum atomic E-state index is -1.20. The summed E-state index contributed by atoms with van der Waals surface area (Å²) in [4.78, 5) is 37.4. The molecule has 0 aliphatic heterocycles. The van der Waals surface area contributed by atoms with Crippen LogP contribution in [0.5, 0.6) is 0 Å². The molecular formula is C9H15NO6. The first-order chi connectivity index (χ1) is 7.38. The molecule has 0 saturated carbocycles. The van der Waals surface area contributed by atoms with Crippen LogP contribution in [0, 0.1) is 0 Å². The average molecular weight is 233 g/mol. The molecule has 0 spiro atoms. The lowest BCUT2D eigenvalue weighted by Crippen LogP contribution is -2.35. The third-order valence-corrected chi connectivity index (χ3v) is 1.62. The molecule has 7 heteroatoms. The van der Waals surface area contributed by atoms with Crippen molar-refractivity contribution < 1.29 is 29.1 Å². The summed E-state index contributed by atoms with van der Waals surface area (Å²) < 4.78 is 4.56. The molecule has 0 aromatic heterocycles. The van der Waals surface area contributed by atoms with Crippen LogP contribution in [0.15, 0.2) is 0 Å². The lowest BCUT2D eigenvalue weighted by atomic mass is 10.4. The molecule has 7 nitrogen and oxygen atoms in total. The van der Waals surface area contributed by atoms with Crippen LogP contribution in [0.3, 0.4) is 0 Å². The Morgan fingerprint density at radius 1 is 1.38 bits per heavy atom. The number of rotatable bonds is 6. The van der Waals surface area contributed by atoms with Crippen molar-refractivity contribution in [3.63, 3.8) is 0 Å². The number of aliphatic carboxylic acids is 1. The van der Waals surface area contributed by atoms with E-state index >= 15 is 0 Å². The van der Waals surface area contributed by atoms with Gasteiger partial charge in [0.25, 0.3) is 5.91 Å². The van der Waals surface area contributed by atoms with E-state index in [0.29, 0.717) is 0 Å². The highest BCUT2D eigenvalue weighted by atomic mass is 16.7. The number of carbonyl (C=O) groups excluding carboxylic acids is 2. The van der Waals surface area contributed by atoms with E-state index in [9.17, 15) is 14.4 Å². The molecule has 1 amide bonds. The van der Waals surface area contributed by atoms with E-state index in [1.807, 2.05) is 0 Å². The van der Waals surface area contributed by atoms with Crippen LogP contribution in [0.4, 0.5) is 0 Å². The predicted octanol–water partition coefficient (Wildman–Crippen LogP) is -0.197. The van der Waals surface area contributed by atoms with Crippen LogP contribution < -0.4 is 0 Å². The third kappa shape index (κ3) is 5.30. The Hall–Kier alpha value is -1.63. The number of carboxylic acids is 1. The number of carboxylic acid groups (broad SMARTS) is 1. The lowest BCUT2D eigenvalue weighted by Gasteiger charge is -2.18. The second-order valence-corrected chi connectivity index (χ2v) is 2.96. The predicted molar refractivity (Wildman–Crippen MR) is 52.2 cm³/mol. The molecule has 0 rings (SSSR count). The Balaban J connectivity index is 4.08. The normalized spacial score (nSPS) is 11.7. The van der Waals surface area contributed by atoms with Gasteiger partial charge in [0.2, 0.25) is 0 Å². The number of hydrogen-bond acceptors (Lipinski definition) is 5. The van der Waals surface area contributed by atoms with E-state index in [4.69, 9.17) is 9.94 Å². The third-order valence-electron chi connectivity index (χ3n) is 1.62. The second-order valence-electron chi connectivity index (χ2n) is 2.96. The Morgan fingerprint density at radius 3 is 2.38 bits per heavy atom. The van der Waals surface area contributed by atoms with E-state index in [1.54, 1.807) is 6.92 Å². The van der Waals surface area contributed by atoms with Crippen molar-refractivity contribution in [2.75, 3.05) is 13.7 Å². The van der Waals surface area contributed by atoms with Crippen molar-refractivity contribution in [2.24, 2.45) is 0 Å². The number of ether oxygens (including phenoxy) is 1. The molecule has 0 fully saturated rings. The minimum absolute atomic E-state index is 0.183. The smallest absolute Gasteiger partial charge is 0.335 e. The molecule has 1 unspecified atom stereocenters. The van der Waals surface area contributed by atoms with E-state index < -0.39 is 30.4 Å². The average Bonchev–Trinajstić information content (AvgIpc) is 2.17. The summed E-state index contributed by atoms with van der Waals surface area (Å²) in [6, 6.07) is 0. The molecule has 0 bridgehead atoms. The van der Waals surface area contributed by atoms with Gasteiger partial charge in [-0.25, -0.2) is 9.86 Å². The van der Waals surface area contributed by atoms with Crippen molar-refractivity contribution in [1.29, 1.82) is 0 Å². The van der Waals surface area contributed by atoms with Crippen LogP contribution in [-0.4, -0.2) is 47.8 Å². The first-order valence-electron chi connectivity index (χ1n) is 4.70. The highest BCUT2D eigenvalue weighted by Crippen LogP contribution is 1.99. The van der Waals surface area contributed by atoms with Crippen molar-refractivity contribution in [3.05, 3.63) is 0 Å². The largest absolute Gasteiger partial charge is 0.479 e. The molecular weight excluding hydrogens is 218 g/mol. The fraction of sp³-hybridized carbons (Fsp3) is 0.667. The molecule has 92 valence electrons. The molecule has 0 aromatic carbocycles. The summed E-state index contributed by atoms with van der Waals surface area (Å²) in [6.45, 7) is 3.08. The van der Waals surface area contributed by atoms with E-state index in [0.717, 1.165) is 5.06 Å². The molecule has 1 atom stereocenters. The van der Waals surface area contributed by atoms with Gasteiger partial charge in [-0.1, -0.05) is 0 Å². The monoisotopic (exact) mass is 233 g/mol. The molecule has 0 aromatic rings. The second kappa shape index (κ2) is 6.78. The quantitative estimate of drug-likeness (QED) is 0.388. The van der Waals surface area contributed by atoms with Gasteiger partial charge < -0.3 is 9.84 Å². The fourth-order valence-electron chi connectivity index (χ4n) is 0.788. The van der Waals surface area contributed by atoms with Crippen LogP contribution in [0.2, 0.25) is 0 Å². The zero-order chi connectivity index (χ0) is 12.7. The van der Waals surface area contributed by atoms with Crippen LogP contribution in [-0.2, 0) is 24.0 Å². The van der Waals surface area contributed by atoms with Gasteiger partial charge in [-0.15, -0.1) is 0 Å². The standard InChI is InChI=1S/C9H15NO6/c1-4-15-8(12)5-7(11)10(3)16-6(2)9(13)14/h6H,4-5H2,1-3H3,(H,13,14). The summed E-state index contributed by atoms with van der Waals surface area (Å²) >= 11 is 0. The highest BCUT2D eigenvalue weighted by Gasteiger charge is 2.20. The van der Waals surface area contributed by atoms with Crippen LogP contribution >= 0.6 is 0 Å². The molecule has 0 heterocycles. The first kappa shape index (κ1) is 14.4. The number of carbonyl (C=O) groups is 3. The molecule has 0 saturated heterocycles. The van der Waals surface area contributed by atoms with Gasteiger partial charge in [-0.2, -0.15) is 0 Å². The Labute approximate surface area is 92.9 Å². The van der Waals surface area contributed by atoms with Crippen LogP contribution in [0.1, 0.15) is 20.3 Å². The van der Waals surface area contributed by atoms with Gasteiger partial charge in [-0.05, 0) is 13.8 Å². The Kier molecular flexibility index (Phi) is 6.09. The number of amides is 1. The molecule has 1 N–H and O–H groups in total. The number of esters is 1. The summed E-state index contributed by atoms with van der Waals surface area (Å²) in [5.41, 5.74) is 0. The zero-order valence-electron chi connectivity index (χ0n) is 9.43. The minimum Gasteiger partial charge on any atom is -0.479 e. The Morgan fingerprint density at radius 2 is 1.94 bits per heavy atom. The van der Waals surface area contributed by atoms with Gasteiger partial charge in [0.05, 0.1) is 6.61 Å². The van der Waals surface area contributed by atoms with Crippen molar-refractivity contribution in [3.8, 4) is 0 Å². The Bertz CT molecular complexity index is 277. The maximum atomic E-state index is 11.3. The molecule has 16 heavy (non-hydrogen) atoms. The van der Waals surface area contributed by atoms with Crippen LogP contribution in [0.25, 0.3) is 0 Å². The molecule has 0 aliphatic carbocycles. The maximum Gasteiger partial charge on any atom is 0.335 e. The topological polar surface area (TPSA) is 93.1 Å². The maximum absolute atomic E-state index is 11.3. The van der Waals surface area contributed by atoms with E-state index in [2.05, 4.69) is 4.74 Å². The van der Waals surface area contributed by atoms with Gasteiger partial charge >= 0.3 is 11.9 Å². The number of hydroxylamine groups is 2. The van der Waals surface area contributed by atoms with Gasteiger partial charge in [0, 0.05) is 7.05 Å². The number of hydrogen-bond donors (Lipinski definition) is 1. The fourth-order valence-corrected chi connectivity index (χ4v) is 0.788. The summed E-state index contributed by atoms with van der Waals surface area (Å²) in [5.74, 6) is -2.53. The molecule has 0 aliphatic rings. The van der Waals surface area contributed by atoms with E-state index in [-0.39, 0.29) is 6.61 Å². The van der Waals surface area contributed by atoms with Crippen molar-refractivity contribution >= 4 is 17.8 Å². The zero-order valence-corrected chi connectivity index (χ0v) is 9.43.